The van der Waals surface area contributed by atoms with Gasteiger partial charge in [-0.05, 0) is 13.0 Å². The normalized spacial score (nSPS) is 11.8. The number of ether oxygens (including phenoxy) is 2. The Kier molecular flexibility index (Phi) is 3.94. The lowest BCUT2D eigenvalue weighted by Gasteiger charge is -2.22. The van der Waals surface area contributed by atoms with Crippen LogP contribution < -0.4 is 0 Å². The van der Waals surface area contributed by atoms with E-state index in [0.29, 0.717) is 0 Å². The first-order chi connectivity index (χ1) is 9.43. The SMILES string of the molecule is CCn1nc(COC(C)(C)OC(=O)O)c2ccccc21. The number of hydrogen-bond acceptors (Lipinski definition) is 4. The lowest BCUT2D eigenvalue weighted by Crippen LogP contribution is -2.30. The van der Waals surface area contributed by atoms with Gasteiger partial charge in [0.15, 0.2) is 0 Å². The molecule has 0 saturated heterocycles. The summed E-state index contributed by atoms with van der Waals surface area (Å²) in [6.45, 7) is 6.07. The Hall–Kier alpha value is -2.08. The predicted molar refractivity (Wildman–Crippen MR) is 73.4 cm³/mol. The van der Waals surface area contributed by atoms with E-state index in [1.165, 1.54) is 0 Å². The highest BCUT2D eigenvalue weighted by Gasteiger charge is 2.24. The monoisotopic (exact) mass is 278 g/mol. The van der Waals surface area contributed by atoms with E-state index in [0.717, 1.165) is 23.1 Å². The molecule has 1 aromatic carbocycles. The van der Waals surface area contributed by atoms with Crippen LogP contribution in [0.15, 0.2) is 24.3 Å². The van der Waals surface area contributed by atoms with Gasteiger partial charge in [-0.15, -0.1) is 0 Å². The van der Waals surface area contributed by atoms with Crippen LogP contribution in [0.5, 0.6) is 0 Å². The van der Waals surface area contributed by atoms with Crippen LogP contribution in [0.2, 0.25) is 0 Å². The van der Waals surface area contributed by atoms with Gasteiger partial charge in [0.05, 0.1) is 17.8 Å². The largest absolute Gasteiger partial charge is 0.508 e. The van der Waals surface area contributed by atoms with Gasteiger partial charge in [-0.25, -0.2) is 4.79 Å². The maximum Gasteiger partial charge on any atom is 0.508 e. The number of benzene rings is 1. The number of rotatable bonds is 5. The van der Waals surface area contributed by atoms with Crippen LogP contribution in [0.25, 0.3) is 10.9 Å². The number of nitrogens with zero attached hydrogens (tertiary/aromatic N) is 2. The smallest absolute Gasteiger partial charge is 0.450 e. The maximum atomic E-state index is 10.6. The average Bonchev–Trinajstić information content (AvgIpc) is 2.73. The van der Waals surface area contributed by atoms with Crippen molar-refractivity contribution in [3.8, 4) is 0 Å². The molecule has 108 valence electrons. The van der Waals surface area contributed by atoms with Crippen LogP contribution in [0, 0.1) is 0 Å². The van der Waals surface area contributed by atoms with Crippen molar-refractivity contribution in [3.63, 3.8) is 0 Å². The second-order valence-corrected chi connectivity index (χ2v) is 4.84. The van der Waals surface area contributed by atoms with Crippen molar-refractivity contribution in [2.45, 2.75) is 39.7 Å². The van der Waals surface area contributed by atoms with Crippen LogP contribution in [0.1, 0.15) is 26.5 Å². The molecule has 0 radical (unpaired) electrons. The number of carboxylic acid groups (broad SMARTS) is 1. The van der Waals surface area contributed by atoms with Gasteiger partial charge in [0, 0.05) is 25.8 Å². The molecule has 1 heterocycles. The van der Waals surface area contributed by atoms with E-state index in [1.54, 1.807) is 13.8 Å². The second kappa shape index (κ2) is 5.50. The van der Waals surface area contributed by atoms with Gasteiger partial charge >= 0.3 is 6.16 Å². The Morgan fingerprint density at radius 3 is 2.75 bits per heavy atom. The zero-order chi connectivity index (χ0) is 14.8. The van der Waals surface area contributed by atoms with Gasteiger partial charge in [-0.3, -0.25) is 4.68 Å². The van der Waals surface area contributed by atoms with Crippen molar-refractivity contribution in [3.05, 3.63) is 30.0 Å². The molecule has 6 nitrogen and oxygen atoms in total. The lowest BCUT2D eigenvalue weighted by atomic mass is 10.2. The average molecular weight is 278 g/mol. The Bertz CT molecular complexity index is 619. The van der Waals surface area contributed by atoms with Crippen molar-refractivity contribution >= 4 is 17.1 Å². The summed E-state index contributed by atoms with van der Waals surface area (Å²) in [5.41, 5.74) is 1.80. The third kappa shape index (κ3) is 3.08. The number of aryl methyl sites for hydroxylation is 1. The molecule has 0 amide bonds. The molecule has 0 fully saturated rings. The first-order valence-electron chi connectivity index (χ1n) is 6.43. The van der Waals surface area contributed by atoms with Gasteiger partial charge in [0.2, 0.25) is 5.79 Å². The van der Waals surface area contributed by atoms with Crippen molar-refractivity contribution in [2.75, 3.05) is 0 Å². The minimum Gasteiger partial charge on any atom is -0.450 e. The summed E-state index contributed by atoms with van der Waals surface area (Å²) in [4.78, 5) is 10.6. The predicted octanol–water partition coefficient (Wildman–Crippen LogP) is 3.00. The Morgan fingerprint density at radius 2 is 2.10 bits per heavy atom. The van der Waals surface area contributed by atoms with Crippen molar-refractivity contribution in [1.82, 2.24) is 9.78 Å². The quantitative estimate of drug-likeness (QED) is 0.672. The Balaban J connectivity index is 2.20. The van der Waals surface area contributed by atoms with E-state index in [9.17, 15) is 4.79 Å². The van der Waals surface area contributed by atoms with Gasteiger partial charge in [-0.1, -0.05) is 18.2 Å². The molecule has 0 aliphatic rings. The number of hydrogen-bond donors (Lipinski definition) is 1. The molecule has 0 bridgehead atoms. The Labute approximate surface area is 116 Å². The Morgan fingerprint density at radius 1 is 1.40 bits per heavy atom. The summed E-state index contributed by atoms with van der Waals surface area (Å²) in [6.07, 6.45) is -1.36. The molecule has 0 spiro atoms. The summed E-state index contributed by atoms with van der Waals surface area (Å²) < 4.78 is 12.1. The summed E-state index contributed by atoms with van der Waals surface area (Å²) in [5, 5.41) is 14.1. The van der Waals surface area contributed by atoms with E-state index in [1.807, 2.05) is 35.9 Å². The number of aromatic nitrogens is 2. The van der Waals surface area contributed by atoms with Crippen LogP contribution in [-0.4, -0.2) is 26.8 Å². The fourth-order valence-electron chi connectivity index (χ4n) is 2.03. The third-order valence-corrected chi connectivity index (χ3v) is 2.92. The molecule has 6 heteroatoms. The molecule has 20 heavy (non-hydrogen) atoms. The van der Waals surface area contributed by atoms with Gasteiger partial charge in [0.25, 0.3) is 0 Å². The van der Waals surface area contributed by atoms with Gasteiger partial charge in [0.1, 0.15) is 0 Å². The summed E-state index contributed by atoms with van der Waals surface area (Å²) in [7, 11) is 0. The maximum absolute atomic E-state index is 10.6. The molecule has 2 aromatic rings. The van der Waals surface area contributed by atoms with Crippen LogP contribution >= 0.6 is 0 Å². The lowest BCUT2D eigenvalue weighted by molar-refractivity contribution is -0.193. The van der Waals surface area contributed by atoms with Crippen molar-refractivity contribution < 1.29 is 19.4 Å². The first kappa shape index (κ1) is 14.3. The highest BCUT2D eigenvalue weighted by molar-refractivity contribution is 5.81. The molecular weight excluding hydrogens is 260 g/mol. The van der Waals surface area contributed by atoms with Crippen LogP contribution in [0.3, 0.4) is 0 Å². The zero-order valence-electron chi connectivity index (χ0n) is 11.8. The molecule has 0 atom stereocenters. The highest BCUT2D eigenvalue weighted by Crippen LogP contribution is 2.21. The highest BCUT2D eigenvalue weighted by atomic mass is 16.8. The van der Waals surface area contributed by atoms with Crippen molar-refractivity contribution in [2.24, 2.45) is 0 Å². The van der Waals surface area contributed by atoms with Gasteiger partial charge < -0.3 is 14.6 Å². The summed E-state index contributed by atoms with van der Waals surface area (Å²) >= 11 is 0. The molecular formula is C14H18N2O4. The number of carbonyl (C=O) groups is 1. The molecule has 1 aromatic heterocycles. The molecule has 0 aliphatic heterocycles. The third-order valence-electron chi connectivity index (χ3n) is 2.92. The first-order valence-corrected chi connectivity index (χ1v) is 6.43. The summed E-state index contributed by atoms with van der Waals surface area (Å²) in [6, 6.07) is 7.86. The van der Waals surface area contributed by atoms with Crippen molar-refractivity contribution in [1.29, 1.82) is 0 Å². The molecule has 0 aliphatic carbocycles. The fourth-order valence-corrected chi connectivity index (χ4v) is 2.03. The topological polar surface area (TPSA) is 73.6 Å². The van der Waals surface area contributed by atoms with E-state index in [2.05, 4.69) is 9.84 Å². The molecule has 0 unspecified atom stereocenters. The number of para-hydroxylation sites is 1. The van der Waals surface area contributed by atoms with Crippen LogP contribution in [-0.2, 0) is 22.6 Å². The fraction of sp³-hybridized carbons (Fsp3) is 0.429. The van der Waals surface area contributed by atoms with E-state index in [4.69, 9.17) is 9.84 Å². The molecule has 1 N–H and O–H groups in total. The van der Waals surface area contributed by atoms with Gasteiger partial charge in [-0.2, -0.15) is 5.10 Å². The standard InChI is InChI=1S/C14H18N2O4/c1-4-16-12-8-6-5-7-10(12)11(15-16)9-19-14(2,3)20-13(17)18/h5-8H,4,9H2,1-3H3,(H,17,18). The number of fused-ring (bicyclic) bond motifs is 1. The summed E-state index contributed by atoms with van der Waals surface area (Å²) in [5.74, 6) is -1.21. The van der Waals surface area contributed by atoms with E-state index >= 15 is 0 Å². The van der Waals surface area contributed by atoms with E-state index < -0.39 is 11.9 Å². The molecule has 0 saturated carbocycles. The zero-order valence-corrected chi connectivity index (χ0v) is 11.8. The van der Waals surface area contributed by atoms with Crippen LogP contribution in [0.4, 0.5) is 4.79 Å². The second-order valence-electron chi connectivity index (χ2n) is 4.84. The molecule has 2 rings (SSSR count). The minimum absolute atomic E-state index is 0.188. The van der Waals surface area contributed by atoms with E-state index in [-0.39, 0.29) is 6.61 Å². The minimum atomic E-state index is -1.36.